The summed E-state index contributed by atoms with van der Waals surface area (Å²) in [5.41, 5.74) is 10.8. The third-order valence-electron chi connectivity index (χ3n) is 9.89. The third kappa shape index (κ3) is 5.32. The Balaban J connectivity index is 1.14. The molecule has 0 unspecified atom stereocenters. The van der Waals surface area contributed by atoms with E-state index in [9.17, 15) is 0 Å². The van der Waals surface area contributed by atoms with Crippen LogP contribution in [0.25, 0.3) is 89.5 Å². The Kier molecular flexibility index (Phi) is 7.15. The van der Waals surface area contributed by atoms with Gasteiger partial charge in [0.1, 0.15) is 32.6 Å². The smallest absolute Gasteiger partial charge is 0.167 e. The van der Waals surface area contributed by atoms with Crippen molar-refractivity contribution in [3.8, 4) is 73.3 Å². The van der Waals surface area contributed by atoms with Gasteiger partial charge in [0.25, 0.3) is 0 Å². The van der Waals surface area contributed by atoms with Gasteiger partial charge in [0.15, 0.2) is 17.5 Å². The Morgan fingerprint density at radius 1 is 0.434 bits per heavy atom. The van der Waals surface area contributed by atoms with Gasteiger partial charge in [0.05, 0.1) is 11.0 Å². The van der Waals surface area contributed by atoms with Crippen molar-refractivity contribution in [1.82, 2.24) is 15.0 Å². The lowest BCUT2D eigenvalue weighted by molar-refractivity contribution is 0.241. The molecule has 2 aromatic heterocycles. The topological polar surface area (TPSA) is 61.0 Å². The molecule has 0 saturated carbocycles. The average Bonchev–Trinajstić information content (AvgIpc) is 3.60. The Labute approximate surface area is 308 Å². The number of nitrogens with zero attached hydrogens (tertiary/aromatic N) is 3. The summed E-state index contributed by atoms with van der Waals surface area (Å²) in [5.74, 6) is 2.24. The Bertz CT molecular complexity index is 2850. The van der Waals surface area contributed by atoms with E-state index in [4.69, 9.17) is 39.8 Å². The van der Waals surface area contributed by atoms with Crippen molar-refractivity contribution in [2.24, 2.45) is 0 Å². The van der Waals surface area contributed by atoms with Crippen molar-refractivity contribution in [2.75, 3.05) is 0 Å². The van der Waals surface area contributed by atoms with Crippen molar-refractivity contribution in [3.63, 3.8) is 0 Å². The lowest BCUT2D eigenvalue weighted by Gasteiger charge is -2.37. The summed E-state index contributed by atoms with van der Waals surface area (Å²) in [7, 11) is 12.9. The van der Waals surface area contributed by atoms with E-state index >= 15 is 0 Å². The molecule has 1 aliphatic rings. The molecule has 0 spiro atoms. The predicted molar refractivity (Wildman–Crippen MR) is 214 cm³/mol. The SMILES string of the molecule is [B]C1([B])Oc2cccc(-c3cccc(-c4nc(-c5ccc(-c6ccccc6)cc5)nc(-c5cccc6c5oc5ccccc56)n4)c3)c2-c2ccccc21. The van der Waals surface area contributed by atoms with Gasteiger partial charge >= 0.3 is 0 Å². The highest BCUT2D eigenvalue weighted by molar-refractivity contribution is 6.40. The second kappa shape index (κ2) is 12.2. The molecule has 0 aliphatic carbocycles. The molecule has 244 valence electrons. The van der Waals surface area contributed by atoms with E-state index in [1.54, 1.807) is 0 Å². The first kappa shape index (κ1) is 31.1. The van der Waals surface area contributed by atoms with E-state index in [0.717, 1.165) is 77.6 Å². The zero-order valence-electron chi connectivity index (χ0n) is 28.4. The molecule has 7 heteroatoms. The minimum absolute atomic E-state index is 0.522. The molecule has 1 aliphatic heterocycles. The van der Waals surface area contributed by atoms with Crippen LogP contribution in [0.3, 0.4) is 0 Å². The van der Waals surface area contributed by atoms with Gasteiger partial charge in [-0.25, -0.2) is 15.0 Å². The minimum atomic E-state index is -1.44. The molecular formula is C46H27B2N3O2. The summed E-state index contributed by atoms with van der Waals surface area (Å²) in [6, 6.07) is 54.8. The number of para-hydroxylation sites is 2. The van der Waals surface area contributed by atoms with Crippen LogP contribution in [0.4, 0.5) is 0 Å². The number of benzene rings is 7. The van der Waals surface area contributed by atoms with Crippen LogP contribution in [-0.2, 0) is 5.40 Å². The van der Waals surface area contributed by atoms with Crippen LogP contribution in [0.2, 0.25) is 0 Å². The molecule has 0 saturated heterocycles. The number of fused-ring (bicyclic) bond motifs is 6. The maximum atomic E-state index is 6.44. The highest BCUT2D eigenvalue weighted by atomic mass is 16.5. The standard InChI is InChI=1S/C46H27B2N3O2/c47-46(48)38-20-6-4-16-36(38)41-33(17-10-22-40(41)53-46)31-13-8-14-32(27-31)44-49-43(30-25-23-29(24-26-30)28-11-2-1-3-12-28)50-45(51-44)37-19-9-18-35-34-15-5-7-21-39(34)52-42(35)37/h1-27H. The highest BCUT2D eigenvalue weighted by Gasteiger charge is 2.32. The van der Waals surface area contributed by atoms with Gasteiger partial charge in [-0.15, -0.1) is 0 Å². The summed E-state index contributed by atoms with van der Waals surface area (Å²) in [6.07, 6.45) is 0. The van der Waals surface area contributed by atoms with Crippen LogP contribution in [0.5, 0.6) is 5.75 Å². The molecule has 5 nitrogen and oxygen atoms in total. The summed E-state index contributed by atoms with van der Waals surface area (Å²) in [6.45, 7) is 0. The second-order valence-corrected chi connectivity index (χ2v) is 13.2. The van der Waals surface area contributed by atoms with Crippen molar-refractivity contribution in [2.45, 2.75) is 5.40 Å². The third-order valence-corrected chi connectivity index (χ3v) is 9.89. The Hall–Kier alpha value is -6.72. The molecule has 0 N–H and O–H groups in total. The number of hydrogen-bond acceptors (Lipinski definition) is 5. The number of rotatable bonds is 5. The van der Waals surface area contributed by atoms with Crippen LogP contribution in [0, 0.1) is 0 Å². The monoisotopic (exact) mass is 675 g/mol. The van der Waals surface area contributed by atoms with E-state index in [1.165, 1.54) is 0 Å². The van der Waals surface area contributed by atoms with Crippen LogP contribution in [0.1, 0.15) is 5.56 Å². The van der Waals surface area contributed by atoms with E-state index in [1.807, 2.05) is 97.1 Å². The first-order valence-electron chi connectivity index (χ1n) is 17.4. The molecule has 9 aromatic rings. The Morgan fingerprint density at radius 3 is 1.89 bits per heavy atom. The Morgan fingerprint density at radius 2 is 1.02 bits per heavy atom. The normalized spacial score (nSPS) is 13.0. The molecule has 10 rings (SSSR count). The van der Waals surface area contributed by atoms with Gasteiger partial charge < -0.3 is 9.15 Å². The highest BCUT2D eigenvalue weighted by Crippen LogP contribution is 2.48. The fourth-order valence-electron chi connectivity index (χ4n) is 7.36. The summed E-state index contributed by atoms with van der Waals surface area (Å²) in [5, 5.41) is 0.608. The molecular weight excluding hydrogens is 648 g/mol. The summed E-state index contributed by atoms with van der Waals surface area (Å²) >= 11 is 0. The van der Waals surface area contributed by atoms with E-state index < -0.39 is 5.40 Å². The first-order chi connectivity index (χ1) is 26.0. The van der Waals surface area contributed by atoms with Crippen molar-refractivity contribution in [1.29, 1.82) is 0 Å². The zero-order valence-corrected chi connectivity index (χ0v) is 28.4. The number of aromatic nitrogens is 3. The van der Waals surface area contributed by atoms with Crippen molar-refractivity contribution in [3.05, 3.63) is 169 Å². The first-order valence-corrected chi connectivity index (χ1v) is 17.4. The van der Waals surface area contributed by atoms with Crippen LogP contribution in [-0.4, -0.2) is 30.6 Å². The fourth-order valence-corrected chi connectivity index (χ4v) is 7.36. The molecule has 3 heterocycles. The predicted octanol–water partition coefficient (Wildman–Crippen LogP) is 10.6. The second-order valence-electron chi connectivity index (χ2n) is 13.2. The molecule has 0 amide bonds. The van der Waals surface area contributed by atoms with Crippen molar-refractivity contribution < 1.29 is 9.15 Å². The number of ether oxygens (including phenoxy) is 1. The average molecular weight is 675 g/mol. The summed E-state index contributed by atoms with van der Waals surface area (Å²) < 4.78 is 12.6. The number of hydrogen-bond donors (Lipinski definition) is 0. The molecule has 0 fully saturated rings. The molecule has 0 bridgehead atoms. The van der Waals surface area contributed by atoms with E-state index in [0.29, 0.717) is 23.2 Å². The van der Waals surface area contributed by atoms with E-state index in [-0.39, 0.29) is 0 Å². The molecule has 7 aromatic carbocycles. The maximum Gasteiger partial charge on any atom is 0.167 e. The van der Waals surface area contributed by atoms with E-state index in [2.05, 4.69) is 66.7 Å². The van der Waals surface area contributed by atoms with Gasteiger partial charge in [-0.2, -0.15) is 0 Å². The minimum Gasteiger partial charge on any atom is -0.502 e. The maximum absolute atomic E-state index is 6.44. The van der Waals surface area contributed by atoms with Gasteiger partial charge in [-0.3, -0.25) is 0 Å². The molecule has 0 atom stereocenters. The van der Waals surface area contributed by atoms with Gasteiger partial charge in [-0.1, -0.05) is 140 Å². The molecule has 53 heavy (non-hydrogen) atoms. The van der Waals surface area contributed by atoms with Gasteiger partial charge in [0.2, 0.25) is 0 Å². The van der Waals surface area contributed by atoms with Crippen LogP contribution >= 0.6 is 0 Å². The van der Waals surface area contributed by atoms with Crippen LogP contribution < -0.4 is 4.74 Å². The fraction of sp³-hybridized carbons (Fsp3) is 0.0217. The number of furan rings is 1. The van der Waals surface area contributed by atoms with Crippen molar-refractivity contribution >= 4 is 37.6 Å². The largest absolute Gasteiger partial charge is 0.502 e. The van der Waals surface area contributed by atoms with Gasteiger partial charge in [0, 0.05) is 27.5 Å². The lowest BCUT2D eigenvalue weighted by atomic mass is 9.58. The lowest BCUT2D eigenvalue weighted by Crippen LogP contribution is -2.37. The quantitative estimate of drug-likeness (QED) is 0.170. The van der Waals surface area contributed by atoms with Crippen LogP contribution in [0.15, 0.2) is 168 Å². The molecule has 4 radical (unpaired) electrons. The van der Waals surface area contributed by atoms with Gasteiger partial charge in [-0.05, 0) is 57.6 Å². The zero-order chi connectivity index (χ0) is 35.5. The summed E-state index contributed by atoms with van der Waals surface area (Å²) in [4.78, 5) is 15.3.